The molecule has 2 nitrogen and oxygen atoms in total. The van der Waals surface area contributed by atoms with Crippen molar-refractivity contribution in [3.63, 3.8) is 0 Å². The van der Waals surface area contributed by atoms with Crippen LogP contribution in [-0.4, -0.2) is 30.7 Å². The van der Waals surface area contributed by atoms with Crippen molar-refractivity contribution in [2.24, 2.45) is 5.92 Å². The molecule has 20 heavy (non-hydrogen) atoms. The third kappa shape index (κ3) is 2.83. The van der Waals surface area contributed by atoms with Crippen LogP contribution >= 0.6 is 0 Å². The summed E-state index contributed by atoms with van der Waals surface area (Å²) in [6, 6.07) is 1.59. The minimum atomic E-state index is -1.13. The summed E-state index contributed by atoms with van der Waals surface area (Å²) in [6.07, 6.45) is 3.43. The summed E-state index contributed by atoms with van der Waals surface area (Å²) in [5.41, 5.74) is 0.221. The van der Waals surface area contributed by atoms with E-state index in [4.69, 9.17) is 4.74 Å². The smallest absolute Gasteiger partial charge is 0.161 e. The van der Waals surface area contributed by atoms with E-state index >= 15 is 0 Å². The zero-order valence-corrected chi connectivity index (χ0v) is 11.2. The van der Waals surface area contributed by atoms with Gasteiger partial charge in [0.1, 0.15) is 5.82 Å². The van der Waals surface area contributed by atoms with Crippen LogP contribution in [0.15, 0.2) is 12.1 Å². The standard InChI is InChI=1S/C15H18F3NO/c16-12-7-14(18)13(17)6-11(12)9-19-4-3-15-10(8-19)2-1-5-20-15/h6-7,10,15H,1-5,8-9H2/t10-,15+/m1/s1. The second-order valence-corrected chi connectivity index (χ2v) is 5.69. The van der Waals surface area contributed by atoms with Gasteiger partial charge in [-0.25, -0.2) is 13.2 Å². The zero-order chi connectivity index (χ0) is 14.1. The number of rotatable bonds is 2. The average molecular weight is 285 g/mol. The van der Waals surface area contributed by atoms with E-state index in [0.29, 0.717) is 24.6 Å². The molecule has 0 amide bonds. The molecule has 2 atom stereocenters. The van der Waals surface area contributed by atoms with Crippen LogP contribution in [0.4, 0.5) is 13.2 Å². The van der Waals surface area contributed by atoms with Crippen molar-refractivity contribution in [2.45, 2.75) is 31.9 Å². The lowest BCUT2D eigenvalue weighted by Gasteiger charge is -2.41. The topological polar surface area (TPSA) is 12.5 Å². The number of fused-ring (bicyclic) bond motifs is 1. The predicted octanol–water partition coefficient (Wildman–Crippen LogP) is 3.10. The number of likely N-dealkylation sites (tertiary alicyclic amines) is 1. The summed E-state index contributed by atoms with van der Waals surface area (Å²) in [5, 5.41) is 0. The highest BCUT2D eigenvalue weighted by molar-refractivity contribution is 5.20. The van der Waals surface area contributed by atoms with E-state index in [1.54, 1.807) is 0 Å². The van der Waals surface area contributed by atoms with Gasteiger partial charge in [-0.3, -0.25) is 4.90 Å². The van der Waals surface area contributed by atoms with Crippen molar-refractivity contribution >= 4 is 0 Å². The van der Waals surface area contributed by atoms with E-state index < -0.39 is 17.5 Å². The fraction of sp³-hybridized carbons (Fsp3) is 0.600. The summed E-state index contributed by atoms with van der Waals surface area (Å²) in [7, 11) is 0. The van der Waals surface area contributed by atoms with E-state index in [2.05, 4.69) is 4.90 Å². The fourth-order valence-electron chi connectivity index (χ4n) is 3.23. The summed E-state index contributed by atoms with van der Waals surface area (Å²) in [5.74, 6) is -2.32. The first-order chi connectivity index (χ1) is 9.63. The maximum absolute atomic E-state index is 13.7. The molecule has 3 rings (SSSR count). The largest absolute Gasteiger partial charge is 0.378 e. The molecule has 1 aromatic carbocycles. The number of hydrogen-bond donors (Lipinski definition) is 0. The molecular formula is C15H18F3NO. The van der Waals surface area contributed by atoms with E-state index in [1.165, 1.54) is 0 Å². The van der Waals surface area contributed by atoms with Crippen molar-refractivity contribution in [1.82, 2.24) is 4.90 Å². The van der Waals surface area contributed by atoms with Crippen LogP contribution in [0.2, 0.25) is 0 Å². The number of benzene rings is 1. The Kier molecular flexibility index (Phi) is 3.98. The van der Waals surface area contributed by atoms with Gasteiger partial charge in [0.05, 0.1) is 6.10 Å². The lowest BCUT2D eigenvalue weighted by Crippen LogP contribution is -2.45. The number of nitrogens with zero attached hydrogens (tertiary/aromatic N) is 1. The van der Waals surface area contributed by atoms with Crippen LogP contribution in [0.25, 0.3) is 0 Å². The normalized spacial score (nSPS) is 27.4. The van der Waals surface area contributed by atoms with Gasteiger partial charge in [-0.05, 0) is 31.2 Å². The Bertz CT molecular complexity index is 494. The summed E-state index contributed by atoms with van der Waals surface area (Å²) in [6.45, 7) is 2.80. The zero-order valence-electron chi connectivity index (χ0n) is 11.2. The molecule has 2 fully saturated rings. The Balaban J connectivity index is 1.68. The number of halogens is 3. The van der Waals surface area contributed by atoms with Gasteiger partial charge >= 0.3 is 0 Å². The van der Waals surface area contributed by atoms with Crippen molar-refractivity contribution in [2.75, 3.05) is 19.7 Å². The lowest BCUT2D eigenvalue weighted by atomic mass is 9.88. The molecule has 0 spiro atoms. The molecule has 2 saturated heterocycles. The van der Waals surface area contributed by atoms with E-state index in [0.717, 1.165) is 45.0 Å². The quantitative estimate of drug-likeness (QED) is 0.774. The van der Waals surface area contributed by atoms with E-state index in [-0.39, 0.29) is 5.56 Å². The molecule has 0 N–H and O–H groups in total. The van der Waals surface area contributed by atoms with Crippen LogP contribution in [0.5, 0.6) is 0 Å². The van der Waals surface area contributed by atoms with Crippen LogP contribution < -0.4 is 0 Å². The molecule has 0 bridgehead atoms. The Labute approximate surface area is 116 Å². The van der Waals surface area contributed by atoms with Gasteiger partial charge in [-0.2, -0.15) is 0 Å². The molecule has 0 aliphatic carbocycles. The van der Waals surface area contributed by atoms with Gasteiger partial charge in [-0.15, -0.1) is 0 Å². The monoisotopic (exact) mass is 285 g/mol. The molecule has 0 aromatic heterocycles. The highest BCUT2D eigenvalue weighted by Gasteiger charge is 2.32. The Morgan fingerprint density at radius 2 is 1.90 bits per heavy atom. The molecule has 5 heteroatoms. The lowest BCUT2D eigenvalue weighted by molar-refractivity contribution is -0.0677. The molecule has 110 valence electrons. The molecule has 2 heterocycles. The maximum atomic E-state index is 13.7. The average Bonchev–Trinajstić information content (AvgIpc) is 2.44. The van der Waals surface area contributed by atoms with Gasteiger partial charge in [0.15, 0.2) is 11.6 Å². The molecule has 2 aliphatic heterocycles. The summed E-state index contributed by atoms with van der Waals surface area (Å²) in [4.78, 5) is 2.10. The van der Waals surface area contributed by atoms with Gasteiger partial charge in [0, 0.05) is 37.9 Å². The minimum absolute atomic E-state index is 0.221. The van der Waals surface area contributed by atoms with Crippen LogP contribution in [0.3, 0.4) is 0 Å². The van der Waals surface area contributed by atoms with Crippen molar-refractivity contribution in [1.29, 1.82) is 0 Å². The highest BCUT2D eigenvalue weighted by Crippen LogP contribution is 2.29. The molecular weight excluding hydrogens is 267 g/mol. The van der Waals surface area contributed by atoms with Gasteiger partial charge in [-0.1, -0.05) is 0 Å². The molecule has 0 saturated carbocycles. The summed E-state index contributed by atoms with van der Waals surface area (Å²) >= 11 is 0. The molecule has 2 aliphatic rings. The molecule has 0 radical (unpaired) electrons. The fourth-order valence-corrected chi connectivity index (χ4v) is 3.23. The number of ether oxygens (including phenoxy) is 1. The second kappa shape index (κ2) is 5.74. The SMILES string of the molecule is Fc1cc(F)c(CN2CC[C@@H]3OCCC[C@@H]3C2)cc1F. The van der Waals surface area contributed by atoms with Gasteiger partial charge in [0.25, 0.3) is 0 Å². The van der Waals surface area contributed by atoms with Gasteiger partial charge < -0.3 is 4.74 Å². The minimum Gasteiger partial charge on any atom is -0.378 e. The maximum Gasteiger partial charge on any atom is 0.161 e. The first-order valence-electron chi connectivity index (χ1n) is 7.11. The molecule has 1 aromatic rings. The van der Waals surface area contributed by atoms with E-state index in [1.807, 2.05) is 0 Å². The van der Waals surface area contributed by atoms with Crippen molar-refractivity contribution in [3.8, 4) is 0 Å². The Hall–Kier alpha value is -1.07. The first kappa shape index (κ1) is 13.9. The summed E-state index contributed by atoms with van der Waals surface area (Å²) < 4.78 is 45.5. The first-order valence-corrected chi connectivity index (χ1v) is 7.11. The second-order valence-electron chi connectivity index (χ2n) is 5.69. The Morgan fingerprint density at radius 1 is 1.10 bits per heavy atom. The van der Waals surface area contributed by atoms with Crippen molar-refractivity contribution in [3.05, 3.63) is 35.1 Å². The van der Waals surface area contributed by atoms with Crippen molar-refractivity contribution < 1.29 is 17.9 Å². The van der Waals surface area contributed by atoms with Crippen LogP contribution in [0.1, 0.15) is 24.8 Å². The number of hydrogen-bond acceptors (Lipinski definition) is 2. The van der Waals surface area contributed by atoms with E-state index in [9.17, 15) is 13.2 Å². The van der Waals surface area contributed by atoms with Gasteiger partial charge in [0.2, 0.25) is 0 Å². The van der Waals surface area contributed by atoms with Crippen LogP contribution in [0, 0.1) is 23.4 Å². The predicted molar refractivity (Wildman–Crippen MR) is 68.7 cm³/mol. The third-order valence-corrected chi connectivity index (χ3v) is 4.28. The number of piperidine rings is 1. The Morgan fingerprint density at radius 3 is 2.75 bits per heavy atom. The highest BCUT2D eigenvalue weighted by atomic mass is 19.2. The van der Waals surface area contributed by atoms with Crippen LogP contribution in [-0.2, 0) is 11.3 Å². The third-order valence-electron chi connectivity index (χ3n) is 4.28. The molecule has 0 unspecified atom stereocenters.